The van der Waals surface area contributed by atoms with Gasteiger partial charge < -0.3 is 3.90 Å². The van der Waals surface area contributed by atoms with Crippen LogP contribution in [-0.2, 0) is 0 Å². The van der Waals surface area contributed by atoms with Crippen molar-refractivity contribution in [2.75, 3.05) is 0 Å². The molecule has 4 heteroatoms. The van der Waals surface area contributed by atoms with E-state index >= 15 is 0 Å². The van der Waals surface area contributed by atoms with Gasteiger partial charge in [-0.1, -0.05) is 62.3 Å². The molecule has 0 unspecified atom stereocenters. The molecule has 0 aliphatic carbocycles. The lowest BCUT2D eigenvalue weighted by Crippen LogP contribution is -2.75. The second-order valence-corrected chi connectivity index (χ2v) is 23.6. The van der Waals surface area contributed by atoms with Crippen LogP contribution >= 0.6 is 0 Å². The van der Waals surface area contributed by atoms with E-state index in [9.17, 15) is 0 Å². The van der Waals surface area contributed by atoms with Gasteiger partial charge in [-0.05, 0) is 54.4 Å². The molecule has 0 fully saturated rings. The van der Waals surface area contributed by atoms with Crippen molar-refractivity contribution < 1.29 is 0 Å². The summed E-state index contributed by atoms with van der Waals surface area (Å²) in [6.07, 6.45) is 0. The van der Waals surface area contributed by atoms with Crippen LogP contribution in [0.25, 0.3) is 0 Å². The quantitative estimate of drug-likeness (QED) is 0.330. The number of nitrogens with zero attached hydrogens (tertiary/aromatic N) is 1. The van der Waals surface area contributed by atoms with E-state index in [0.29, 0.717) is 0 Å². The largest absolute Gasteiger partial charge is 0.367 e. The van der Waals surface area contributed by atoms with Crippen LogP contribution in [0, 0.1) is 0 Å². The summed E-state index contributed by atoms with van der Waals surface area (Å²) >= 11 is 0. The zero-order valence-corrected chi connectivity index (χ0v) is 20.3. The van der Waals surface area contributed by atoms with Crippen molar-refractivity contribution in [3.8, 4) is 0 Å². The first-order valence-electron chi connectivity index (χ1n) is 10.2. The van der Waals surface area contributed by atoms with Crippen LogP contribution in [-0.4, -0.2) is 28.6 Å². The third kappa shape index (κ3) is 3.81. The van der Waals surface area contributed by atoms with E-state index in [0.717, 1.165) is 0 Å². The Bertz CT molecular complexity index is 222. The molecule has 0 heterocycles. The second-order valence-electron chi connectivity index (χ2n) is 7.19. The molecular formula is C18H45NSi3. The Morgan fingerprint density at radius 3 is 0.591 bits per heavy atom. The van der Waals surface area contributed by atoms with E-state index in [4.69, 9.17) is 0 Å². The van der Waals surface area contributed by atoms with Crippen LogP contribution in [0.4, 0.5) is 0 Å². The molecular weight excluding hydrogens is 314 g/mol. The molecule has 0 bridgehead atoms. The SMILES string of the molecule is CC[Si](CC)(CC)N([Si](CC)(CC)CC)[Si](CC)(CC)CC. The van der Waals surface area contributed by atoms with Crippen LogP contribution in [0.15, 0.2) is 0 Å². The van der Waals surface area contributed by atoms with E-state index in [1.165, 1.54) is 54.4 Å². The molecule has 0 aromatic rings. The van der Waals surface area contributed by atoms with Crippen molar-refractivity contribution in [2.24, 2.45) is 0 Å². The highest BCUT2D eigenvalue weighted by Gasteiger charge is 2.54. The lowest BCUT2D eigenvalue weighted by molar-refractivity contribution is 0.763. The molecule has 0 amide bonds. The maximum atomic E-state index is 3.48. The lowest BCUT2D eigenvalue weighted by Gasteiger charge is -2.61. The third-order valence-corrected chi connectivity index (χ3v) is 30.6. The van der Waals surface area contributed by atoms with Gasteiger partial charge in [0, 0.05) is 0 Å². The fraction of sp³-hybridized carbons (Fsp3) is 1.00. The molecule has 0 saturated carbocycles. The molecule has 0 radical (unpaired) electrons. The van der Waals surface area contributed by atoms with Gasteiger partial charge in [-0.15, -0.1) is 0 Å². The average molecular weight is 360 g/mol. The molecule has 0 N–H and O–H groups in total. The summed E-state index contributed by atoms with van der Waals surface area (Å²) in [6, 6.07) is 13.3. The fourth-order valence-corrected chi connectivity index (χ4v) is 33.1. The molecule has 1 nitrogen and oxygen atoms in total. The van der Waals surface area contributed by atoms with Gasteiger partial charge in [0.1, 0.15) is 24.7 Å². The van der Waals surface area contributed by atoms with E-state index in [2.05, 4.69) is 66.2 Å². The van der Waals surface area contributed by atoms with E-state index in [1.807, 2.05) is 0 Å². The molecule has 134 valence electrons. The summed E-state index contributed by atoms with van der Waals surface area (Å²) in [7, 11) is -3.86. The van der Waals surface area contributed by atoms with Crippen molar-refractivity contribution in [3.05, 3.63) is 0 Å². The van der Waals surface area contributed by atoms with Gasteiger partial charge in [-0.2, -0.15) is 0 Å². The number of rotatable bonds is 12. The van der Waals surface area contributed by atoms with Crippen molar-refractivity contribution in [2.45, 2.75) is 117 Å². The van der Waals surface area contributed by atoms with Gasteiger partial charge in [0.25, 0.3) is 0 Å². The monoisotopic (exact) mass is 359 g/mol. The Kier molecular flexibility index (Phi) is 10.1. The molecule has 0 aliphatic rings. The zero-order valence-electron chi connectivity index (χ0n) is 17.3. The maximum absolute atomic E-state index is 3.48. The summed E-state index contributed by atoms with van der Waals surface area (Å²) in [5.74, 6) is 0. The first-order valence-corrected chi connectivity index (χ1v) is 17.9. The Morgan fingerprint density at radius 1 is 0.364 bits per heavy atom. The highest BCUT2D eigenvalue weighted by Crippen LogP contribution is 2.43. The summed E-state index contributed by atoms with van der Waals surface area (Å²) in [5, 5.41) is 0. The van der Waals surface area contributed by atoms with Crippen LogP contribution in [0.3, 0.4) is 0 Å². The Balaban J connectivity index is 6.42. The molecule has 0 rings (SSSR count). The summed E-state index contributed by atoms with van der Waals surface area (Å²) in [6.45, 7) is 22.7. The van der Waals surface area contributed by atoms with Crippen molar-refractivity contribution >= 4 is 24.7 Å². The van der Waals surface area contributed by atoms with Gasteiger partial charge >= 0.3 is 0 Å². The lowest BCUT2D eigenvalue weighted by atomic mass is 10.9. The van der Waals surface area contributed by atoms with Gasteiger partial charge in [-0.3, -0.25) is 0 Å². The molecule has 0 spiro atoms. The Labute approximate surface area is 145 Å². The molecule has 0 saturated heterocycles. The smallest absolute Gasteiger partial charge is 0.114 e. The summed E-state index contributed by atoms with van der Waals surface area (Å²) in [4.78, 5) is 0. The van der Waals surface area contributed by atoms with E-state index in [-0.39, 0.29) is 0 Å². The van der Waals surface area contributed by atoms with Crippen LogP contribution < -0.4 is 0 Å². The minimum absolute atomic E-state index is 1.29. The van der Waals surface area contributed by atoms with E-state index < -0.39 is 24.7 Å². The van der Waals surface area contributed by atoms with Crippen LogP contribution in [0.2, 0.25) is 54.4 Å². The summed E-state index contributed by atoms with van der Waals surface area (Å²) < 4.78 is 3.48. The maximum Gasteiger partial charge on any atom is 0.114 e. The third-order valence-electron chi connectivity index (χ3n) is 7.35. The van der Waals surface area contributed by atoms with E-state index in [1.54, 1.807) is 0 Å². The Hall–Kier alpha value is 0.611. The topological polar surface area (TPSA) is 3.24 Å². The standard InChI is InChI=1S/C18H45NSi3/c1-10-20(11-2,12-3)19(21(13-4,14-5)15-6)22(16-7,17-8)18-9/h10-18H2,1-9H3. The first-order chi connectivity index (χ1) is 10.4. The van der Waals surface area contributed by atoms with Crippen LogP contribution in [0.1, 0.15) is 62.3 Å². The first kappa shape index (κ1) is 22.6. The minimum atomic E-state index is -1.29. The number of hydrogen-bond acceptors (Lipinski definition) is 1. The molecule has 0 aromatic heterocycles. The van der Waals surface area contributed by atoms with Crippen molar-refractivity contribution in [1.29, 1.82) is 0 Å². The van der Waals surface area contributed by atoms with Crippen LogP contribution in [0.5, 0.6) is 0 Å². The highest BCUT2D eigenvalue weighted by molar-refractivity contribution is 7.06. The predicted molar refractivity (Wildman–Crippen MR) is 113 cm³/mol. The van der Waals surface area contributed by atoms with Gasteiger partial charge in [0.15, 0.2) is 0 Å². The number of hydrogen-bond donors (Lipinski definition) is 0. The van der Waals surface area contributed by atoms with Gasteiger partial charge in [0.05, 0.1) is 0 Å². The fourth-order valence-electron chi connectivity index (χ4n) is 5.18. The molecule has 0 aromatic carbocycles. The van der Waals surface area contributed by atoms with Gasteiger partial charge in [0.2, 0.25) is 0 Å². The zero-order chi connectivity index (χ0) is 17.4. The van der Waals surface area contributed by atoms with Gasteiger partial charge in [-0.25, -0.2) is 0 Å². The van der Waals surface area contributed by atoms with Crippen molar-refractivity contribution in [1.82, 2.24) is 3.90 Å². The normalized spacial score (nSPS) is 13.9. The summed E-state index contributed by atoms with van der Waals surface area (Å²) in [5.41, 5.74) is 0. The second kappa shape index (κ2) is 9.80. The minimum Gasteiger partial charge on any atom is -0.367 e. The average Bonchev–Trinajstić information content (AvgIpc) is 2.60. The molecule has 0 aliphatic heterocycles. The molecule has 0 atom stereocenters. The Morgan fingerprint density at radius 2 is 0.500 bits per heavy atom. The molecule has 22 heavy (non-hydrogen) atoms. The highest BCUT2D eigenvalue weighted by atomic mass is 28.5. The van der Waals surface area contributed by atoms with Crippen molar-refractivity contribution in [3.63, 3.8) is 0 Å². The predicted octanol–water partition coefficient (Wildman–Crippen LogP) is 7.30.